The molecule has 0 saturated heterocycles. The van der Waals surface area contributed by atoms with Gasteiger partial charge in [0.25, 0.3) is 0 Å². The van der Waals surface area contributed by atoms with Gasteiger partial charge in [-0.05, 0) is 116 Å². The van der Waals surface area contributed by atoms with E-state index in [1.54, 1.807) is 0 Å². The maximum atomic E-state index is 12.5. The number of rotatable bonds is 5. The quantitative estimate of drug-likeness (QED) is 0.321. The van der Waals surface area contributed by atoms with Gasteiger partial charge in [-0.1, -0.05) is 39.3 Å². The van der Waals surface area contributed by atoms with Crippen LogP contribution >= 0.6 is 0 Å². The van der Waals surface area contributed by atoms with E-state index in [4.69, 9.17) is 4.74 Å². The van der Waals surface area contributed by atoms with Gasteiger partial charge in [0.1, 0.15) is 6.10 Å². The smallest absolute Gasteiger partial charge is 0.303 e. The van der Waals surface area contributed by atoms with E-state index < -0.39 is 24.1 Å². The molecule has 0 aromatic carbocycles. The van der Waals surface area contributed by atoms with Crippen LogP contribution in [0.3, 0.4) is 0 Å². The molecular weight excluding hydrogens is 468 g/mol. The third kappa shape index (κ3) is 4.40. The van der Waals surface area contributed by atoms with Crippen molar-refractivity contribution in [2.45, 2.75) is 118 Å². The molecule has 0 radical (unpaired) electrons. The first-order valence-corrected chi connectivity index (χ1v) is 14.3. The van der Waals surface area contributed by atoms with Crippen molar-refractivity contribution in [2.24, 2.45) is 39.9 Å². The number of ether oxygens (including phenoxy) is 1. The van der Waals surface area contributed by atoms with E-state index in [1.165, 1.54) is 6.92 Å². The Morgan fingerprint density at radius 3 is 2.32 bits per heavy atom. The van der Waals surface area contributed by atoms with Crippen molar-refractivity contribution in [1.29, 1.82) is 0 Å². The van der Waals surface area contributed by atoms with Crippen LogP contribution in [-0.2, 0) is 14.3 Å². The van der Waals surface area contributed by atoms with E-state index in [1.807, 2.05) is 19.9 Å². The van der Waals surface area contributed by atoms with Crippen molar-refractivity contribution in [3.05, 3.63) is 22.8 Å². The Balaban J connectivity index is 1.82. The van der Waals surface area contributed by atoms with E-state index in [0.717, 1.165) is 31.3 Å². The van der Waals surface area contributed by atoms with E-state index in [0.29, 0.717) is 37.2 Å². The zero-order chi connectivity index (χ0) is 27.5. The third-order valence-corrected chi connectivity index (χ3v) is 11.6. The molecule has 6 heteroatoms. The summed E-state index contributed by atoms with van der Waals surface area (Å²) in [7, 11) is 0. The number of hydrogen-bond acceptors (Lipinski definition) is 6. The molecule has 10 atom stereocenters. The zero-order valence-corrected chi connectivity index (χ0v) is 23.8. The van der Waals surface area contributed by atoms with Crippen molar-refractivity contribution in [2.75, 3.05) is 0 Å². The largest absolute Gasteiger partial charge is 0.545 e. The number of aliphatic hydroxyl groups is 2. The average Bonchev–Trinajstić information content (AvgIpc) is 3.05. The second-order valence-corrected chi connectivity index (χ2v) is 13.6. The Hall–Kier alpha value is -1.66. The first-order chi connectivity index (χ1) is 17.2. The van der Waals surface area contributed by atoms with Gasteiger partial charge in [-0.3, -0.25) is 4.79 Å². The number of carbonyl (C=O) groups is 2. The van der Waals surface area contributed by atoms with Gasteiger partial charge in [-0.25, -0.2) is 0 Å². The summed E-state index contributed by atoms with van der Waals surface area (Å²) in [6.45, 7) is 14.4. The molecule has 0 heterocycles. The number of carbonyl (C=O) groups excluding carboxylic acids is 2. The van der Waals surface area contributed by atoms with Gasteiger partial charge in [-0.15, -0.1) is 0 Å². The van der Waals surface area contributed by atoms with E-state index in [9.17, 15) is 24.9 Å². The van der Waals surface area contributed by atoms with Crippen LogP contribution < -0.4 is 5.11 Å². The fourth-order valence-corrected chi connectivity index (χ4v) is 9.78. The highest BCUT2D eigenvalue weighted by Gasteiger charge is 2.70. The summed E-state index contributed by atoms with van der Waals surface area (Å²) in [5.41, 5.74) is 1.31. The molecule has 4 rings (SSSR count). The van der Waals surface area contributed by atoms with Crippen LogP contribution in [0.1, 0.15) is 99.8 Å². The van der Waals surface area contributed by atoms with Gasteiger partial charge in [0, 0.05) is 6.92 Å². The molecule has 0 spiro atoms. The SMILES string of the molecule is CC(=O)OC1CC2(C)C(CC(O)C3C4(C)CCC(O)C(C)C4CCC32C)C1=C(CCC=C(C)C)C(=O)[O-]. The highest BCUT2D eigenvalue weighted by molar-refractivity contribution is 5.86. The molecule has 4 saturated carbocycles. The number of carboxylic acid groups (broad SMARTS) is 1. The minimum Gasteiger partial charge on any atom is -0.545 e. The minimum atomic E-state index is -1.20. The lowest BCUT2D eigenvalue weighted by molar-refractivity contribution is -0.299. The number of hydrogen-bond donors (Lipinski definition) is 2. The zero-order valence-electron chi connectivity index (χ0n) is 23.8. The fraction of sp³-hybridized carbons (Fsp3) is 0.806. The van der Waals surface area contributed by atoms with E-state index in [-0.39, 0.29) is 45.7 Å². The summed E-state index contributed by atoms with van der Waals surface area (Å²) in [6.07, 6.45) is 5.92. The minimum absolute atomic E-state index is 0.0318. The summed E-state index contributed by atoms with van der Waals surface area (Å²) in [6, 6.07) is 0. The Bertz CT molecular complexity index is 994. The van der Waals surface area contributed by atoms with Crippen LogP contribution in [0.2, 0.25) is 0 Å². The molecule has 4 aliphatic carbocycles. The molecule has 208 valence electrons. The van der Waals surface area contributed by atoms with Gasteiger partial charge in [0.2, 0.25) is 0 Å². The second-order valence-electron chi connectivity index (χ2n) is 13.6. The summed E-state index contributed by atoms with van der Waals surface area (Å²) < 4.78 is 5.84. The van der Waals surface area contributed by atoms with Crippen LogP contribution in [0.4, 0.5) is 0 Å². The van der Waals surface area contributed by atoms with E-state index >= 15 is 0 Å². The van der Waals surface area contributed by atoms with Crippen molar-refractivity contribution in [3.8, 4) is 0 Å². The Labute approximate surface area is 222 Å². The second kappa shape index (κ2) is 9.82. The summed E-state index contributed by atoms with van der Waals surface area (Å²) in [5, 5.41) is 35.0. The normalized spacial score (nSPS) is 46.2. The van der Waals surface area contributed by atoms with Crippen LogP contribution in [0.5, 0.6) is 0 Å². The number of fused-ring (bicyclic) bond motifs is 5. The van der Waals surface area contributed by atoms with Gasteiger partial charge >= 0.3 is 5.97 Å². The van der Waals surface area contributed by atoms with Crippen molar-refractivity contribution < 1.29 is 29.6 Å². The molecule has 37 heavy (non-hydrogen) atoms. The molecule has 6 nitrogen and oxygen atoms in total. The Kier molecular flexibility index (Phi) is 7.53. The predicted molar refractivity (Wildman–Crippen MR) is 140 cm³/mol. The van der Waals surface area contributed by atoms with Crippen LogP contribution in [-0.4, -0.2) is 40.5 Å². The first kappa shape index (κ1) is 28.4. The standard InChI is InChI=1S/C31H48O6/c1-17(2)9-8-10-20(28(35)36)26-22-15-24(34)27-29(5)13-12-23(33)18(3)21(29)11-14-30(27,6)31(22,7)16-25(26)37-19(4)32/h9,18,21-25,27,33-34H,8,10-16H2,1-7H3,(H,35,36)/p-1. The Morgan fingerprint density at radius 2 is 1.73 bits per heavy atom. The Morgan fingerprint density at radius 1 is 1.05 bits per heavy atom. The molecule has 4 aliphatic rings. The molecular formula is C31H47O6-. The van der Waals surface area contributed by atoms with Crippen molar-refractivity contribution >= 4 is 11.9 Å². The fourth-order valence-electron chi connectivity index (χ4n) is 9.78. The average molecular weight is 516 g/mol. The van der Waals surface area contributed by atoms with Gasteiger partial charge in [-0.2, -0.15) is 0 Å². The highest BCUT2D eigenvalue weighted by Crippen LogP contribution is 2.74. The molecule has 0 amide bonds. The molecule has 4 fully saturated rings. The molecule has 10 unspecified atom stereocenters. The third-order valence-electron chi connectivity index (χ3n) is 11.6. The van der Waals surface area contributed by atoms with Crippen LogP contribution in [0, 0.1) is 39.9 Å². The van der Waals surface area contributed by atoms with Crippen molar-refractivity contribution in [3.63, 3.8) is 0 Å². The monoisotopic (exact) mass is 515 g/mol. The topological polar surface area (TPSA) is 107 Å². The lowest BCUT2D eigenvalue weighted by atomic mass is 9.36. The van der Waals surface area contributed by atoms with Crippen LogP contribution in [0.25, 0.3) is 0 Å². The summed E-state index contributed by atoms with van der Waals surface area (Å²) >= 11 is 0. The number of aliphatic carboxylic acids is 1. The van der Waals surface area contributed by atoms with E-state index in [2.05, 4.69) is 27.7 Å². The number of allylic oxidation sites excluding steroid dienone is 2. The molecule has 0 aromatic heterocycles. The van der Waals surface area contributed by atoms with Gasteiger partial charge in [0.05, 0.1) is 18.2 Å². The maximum Gasteiger partial charge on any atom is 0.303 e. The summed E-state index contributed by atoms with van der Waals surface area (Å²) in [5.74, 6) is -1.25. The molecule has 0 aromatic rings. The molecule has 0 aliphatic heterocycles. The number of esters is 1. The molecule has 2 N–H and O–H groups in total. The highest BCUT2D eigenvalue weighted by atomic mass is 16.5. The lowest BCUT2D eigenvalue weighted by Crippen LogP contribution is -2.65. The maximum absolute atomic E-state index is 12.5. The number of carboxylic acids is 1. The van der Waals surface area contributed by atoms with Gasteiger partial charge < -0.3 is 24.9 Å². The van der Waals surface area contributed by atoms with Gasteiger partial charge in [0.15, 0.2) is 0 Å². The first-order valence-electron chi connectivity index (χ1n) is 14.3. The van der Waals surface area contributed by atoms with Crippen LogP contribution in [0.15, 0.2) is 22.8 Å². The lowest BCUT2D eigenvalue weighted by Gasteiger charge is -2.69. The number of aliphatic hydroxyl groups excluding tert-OH is 2. The predicted octanol–water partition coefficient (Wildman–Crippen LogP) is 4.33. The van der Waals surface area contributed by atoms with Crippen molar-refractivity contribution in [1.82, 2.24) is 0 Å². The molecule has 0 bridgehead atoms. The summed E-state index contributed by atoms with van der Waals surface area (Å²) in [4.78, 5) is 24.7.